The van der Waals surface area contributed by atoms with E-state index in [2.05, 4.69) is 10.4 Å². The first kappa shape index (κ1) is 20.1. The van der Waals surface area contributed by atoms with Gasteiger partial charge in [-0.3, -0.25) is 4.79 Å². The second-order valence-corrected chi connectivity index (χ2v) is 6.27. The molecular weight excluding hydrogens is 377 g/mol. The Kier molecular flexibility index (Phi) is 6.23. The summed E-state index contributed by atoms with van der Waals surface area (Å²) >= 11 is 0. The lowest BCUT2D eigenvalue weighted by Crippen LogP contribution is -2.27. The van der Waals surface area contributed by atoms with Crippen molar-refractivity contribution in [3.05, 3.63) is 77.3 Å². The maximum absolute atomic E-state index is 13.1. The number of ether oxygens (including phenoxy) is 1. The minimum absolute atomic E-state index is 0.222. The van der Waals surface area contributed by atoms with Gasteiger partial charge in [-0.25, -0.2) is 13.9 Å². The number of hydrogen-bond acceptors (Lipinski definition) is 5. The van der Waals surface area contributed by atoms with E-state index < -0.39 is 18.5 Å². The van der Waals surface area contributed by atoms with Crippen molar-refractivity contribution >= 4 is 18.0 Å². The smallest absolute Gasteiger partial charge is 0.331 e. The average Bonchev–Trinajstić information content (AvgIpc) is 3.32. The van der Waals surface area contributed by atoms with E-state index in [9.17, 15) is 14.0 Å². The zero-order chi connectivity index (χ0) is 20.8. The van der Waals surface area contributed by atoms with E-state index in [0.29, 0.717) is 17.1 Å². The molecular formula is C21H20FN3O4. The molecule has 0 atom stereocenters. The molecule has 150 valence electrons. The highest BCUT2D eigenvalue weighted by Crippen LogP contribution is 2.19. The van der Waals surface area contributed by atoms with E-state index >= 15 is 0 Å². The van der Waals surface area contributed by atoms with Crippen LogP contribution >= 0.6 is 0 Å². The van der Waals surface area contributed by atoms with Gasteiger partial charge in [0.05, 0.1) is 24.2 Å². The fourth-order valence-corrected chi connectivity index (χ4v) is 2.72. The maximum Gasteiger partial charge on any atom is 0.331 e. The van der Waals surface area contributed by atoms with Gasteiger partial charge in [0.1, 0.15) is 11.6 Å². The molecule has 3 aromatic rings. The molecule has 0 aliphatic heterocycles. The van der Waals surface area contributed by atoms with E-state index in [4.69, 9.17) is 9.15 Å². The van der Waals surface area contributed by atoms with Gasteiger partial charge in [0.25, 0.3) is 5.91 Å². The number of carbonyl (C=O) groups is 2. The summed E-state index contributed by atoms with van der Waals surface area (Å²) in [4.78, 5) is 23.6. The van der Waals surface area contributed by atoms with Crippen LogP contribution in [0.15, 0.2) is 53.2 Å². The Balaban J connectivity index is 1.57. The molecule has 29 heavy (non-hydrogen) atoms. The number of carbonyl (C=O) groups excluding carboxylic acids is 2. The lowest BCUT2D eigenvalue weighted by molar-refractivity contribution is -0.143. The van der Waals surface area contributed by atoms with Crippen LogP contribution in [0.3, 0.4) is 0 Å². The number of aromatic nitrogens is 2. The normalized spacial score (nSPS) is 11.0. The number of nitrogens with zero attached hydrogens (tertiary/aromatic N) is 2. The standard InChI is InChI=1S/C21H20FN3O4/c1-14-19(15(2)25(24-14)17-7-5-16(22)6-8-17)9-10-21(27)29-13-20(26)23-12-18-4-3-11-28-18/h3-11H,12-13H2,1-2H3,(H,23,26)/b10-9+. The van der Waals surface area contributed by atoms with Crippen molar-refractivity contribution in [3.63, 3.8) is 0 Å². The summed E-state index contributed by atoms with van der Waals surface area (Å²) in [6.45, 7) is 3.48. The van der Waals surface area contributed by atoms with Gasteiger partial charge >= 0.3 is 5.97 Å². The Morgan fingerprint density at radius 1 is 1.24 bits per heavy atom. The third-order valence-electron chi connectivity index (χ3n) is 4.19. The van der Waals surface area contributed by atoms with E-state index in [0.717, 1.165) is 11.3 Å². The van der Waals surface area contributed by atoms with Crippen LogP contribution in [-0.2, 0) is 20.9 Å². The Morgan fingerprint density at radius 3 is 2.69 bits per heavy atom. The van der Waals surface area contributed by atoms with Crippen molar-refractivity contribution in [2.45, 2.75) is 20.4 Å². The number of aryl methyl sites for hydroxylation is 1. The lowest BCUT2D eigenvalue weighted by atomic mass is 10.2. The van der Waals surface area contributed by atoms with E-state index in [1.807, 2.05) is 6.92 Å². The molecule has 0 spiro atoms. The molecule has 0 fully saturated rings. The second kappa shape index (κ2) is 9.01. The second-order valence-electron chi connectivity index (χ2n) is 6.27. The van der Waals surface area contributed by atoms with Crippen molar-refractivity contribution in [3.8, 4) is 5.69 Å². The zero-order valence-corrected chi connectivity index (χ0v) is 16.0. The minimum Gasteiger partial charge on any atom is -0.467 e. The predicted octanol–water partition coefficient (Wildman–Crippen LogP) is 3.09. The van der Waals surface area contributed by atoms with Crippen molar-refractivity contribution < 1.29 is 23.1 Å². The van der Waals surface area contributed by atoms with Crippen LogP contribution in [0, 0.1) is 19.7 Å². The molecule has 2 heterocycles. The first-order chi connectivity index (χ1) is 13.9. The van der Waals surface area contributed by atoms with E-state index in [1.165, 1.54) is 24.5 Å². The summed E-state index contributed by atoms with van der Waals surface area (Å²) in [6.07, 6.45) is 4.33. The van der Waals surface area contributed by atoms with Crippen molar-refractivity contribution in [1.82, 2.24) is 15.1 Å². The van der Waals surface area contributed by atoms with Gasteiger partial charge in [0, 0.05) is 17.3 Å². The topological polar surface area (TPSA) is 86.4 Å². The maximum atomic E-state index is 13.1. The highest BCUT2D eigenvalue weighted by atomic mass is 19.1. The summed E-state index contributed by atoms with van der Waals surface area (Å²) in [7, 11) is 0. The fraction of sp³-hybridized carbons (Fsp3) is 0.190. The number of benzene rings is 1. The Labute approximate surface area is 166 Å². The van der Waals surface area contributed by atoms with Crippen molar-refractivity contribution in [1.29, 1.82) is 0 Å². The molecule has 0 saturated heterocycles. The van der Waals surface area contributed by atoms with E-state index in [-0.39, 0.29) is 12.4 Å². The molecule has 2 aromatic heterocycles. The van der Waals surface area contributed by atoms with Crippen LogP contribution in [0.1, 0.15) is 22.7 Å². The van der Waals surface area contributed by atoms with Crippen LogP contribution in [0.2, 0.25) is 0 Å². The number of rotatable bonds is 7. The largest absolute Gasteiger partial charge is 0.467 e. The first-order valence-corrected chi connectivity index (χ1v) is 8.90. The summed E-state index contributed by atoms with van der Waals surface area (Å²) in [5.41, 5.74) is 2.94. The molecule has 1 amide bonds. The number of furan rings is 1. The molecule has 7 nitrogen and oxygen atoms in total. The lowest BCUT2D eigenvalue weighted by Gasteiger charge is -2.04. The molecule has 0 aliphatic carbocycles. The summed E-state index contributed by atoms with van der Waals surface area (Å²) in [5, 5.41) is 7.01. The molecule has 0 aliphatic rings. The van der Waals surface area contributed by atoms with Gasteiger partial charge in [-0.05, 0) is 56.3 Å². The van der Waals surface area contributed by atoms with Crippen LogP contribution < -0.4 is 5.32 Å². The Hall–Kier alpha value is -3.68. The molecule has 0 saturated carbocycles. The van der Waals surface area contributed by atoms with Crippen LogP contribution in [0.25, 0.3) is 11.8 Å². The third kappa shape index (κ3) is 5.19. The van der Waals surface area contributed by atoms with Crippen molar-refractivity contribution in [2.75, 3.05) is 6.61 Å². The van der Waals surface area contributed by atoms with Gasteiger partial charge < -0.3 is 14.5 Å². The molecule has 1 aromatic carbocycles. The van der Waals surface area contributed by atoms with Crippen LogP contribution in [0.4, 0.5) is 4.39 Å². The molecule has 0 bridgehead atoms. The summed E-state index contributed by atoms with van der Waals surface area (Å²) in [6, 6.07) is 9.40. The number of esters is 1. The number of halogens is 1. The fourth-order valence-electron chi connectivity index (χ4n) is 2.72. The zero-order valence-electron chi connectivity index (χ0n) is 16.0. The first-order valence-electron chi connectivity index (χ1n) is 8.90. The summed E-state index contributed by atoms with van der Waals surface area (Å²) < 4.78 is 24.8. The van der Waals surface area contributed by atoms with Gasteiger partial charge in [-0.1, -0.05) is 0 Å². The molecule has 8 heteroatoms. The van der Waals surface area contributed by atoms with Gasteiger partial charge in [-0.15, -0.1) is 0 Å². The number of hydrogen-bond donors (Lipinski definition) is 1. The minimum atomic E-state index is -0.647. The number of amides is 1. The Morgan fingerprint density at radius 2 is 2.00 bits per heavy atom. The molecule has 3 rings (SSSR count). The molecule has 0 radical (unpaired) electrons. The highest BCUT2D eigenvalue weighted by Gasteiger charge is 2.12. The van der Waals surface area contributed by atoms with Crippen LogP contribution in [0.5, 0.6) is 0 Å². The molecule has 0 unspecified atom stereocenters. The predicted molar refractivity (Wildman–Crippen MR) is 104 cm³/mol. The monoisotopic (exact) mass is 397 g/mol. The van der Waals surface area contributed by atoms with Gasteiger partial charge in [0.15, 0.2) is 6.61 Å². The van der Waals surface area contributed by atoms with Crippen molar-refractivity contribution in [2.24, 2.45) is 0 Å². The van der Waals surface area contributed by atoms with Gasteiger partial charge in [-0.2, -0.15) is 5.10 Å². The van der Waals surface area contributed by atoms with Crippen LogP contribution in [-0.4, -0.2) is 28.3 Å². The SMILES string of the molecule is Cc1nn(-c2ccc(F)cc2)c(C)c1/C=C/C(=O)OCC(=O)NCc1ccco1. The van der Waals surface area contributed by atoms with Gasteiger partial charge in [0.2, 0.25) is 0 Å². The molecule has 1 N–H and O–H groups in total. The summed E-state index contributed by atoms with van der Waals surface area (Å²) in [5.74, 6) is -0.800. The average molecular weight is 397 g/mol. The Bertz CT molecular complexity index is 1020. The third-order valence-corrected chi connectivity index (χ3v) is 4.19. The quantitative estimate of drug-likeness (QED) is 0.489. The highest BCUT2D eigenvalue weighted by molar-refractivity contribution is 5.89. The number of nitrogens with one attached hydrogen (secondary N) is 1. The van der Waals surface area contributed by atoms with E-state index in [1.54, 1.807) is 41.9 Å².